The number of benzene rings is 1. The highest BCUT2D eigenvalue weighted by Crippen LogP contribution is 2.44. The van der Waals surface area contributed by atoms with E-state index in [0.29, 0.717) is 17.3 Å². The molecule has 186 valence electrons. The summed E-state index contributed by atoms with van der Waals surface area (Å²) < 4.78 is 27.1. The van der Waals surface area contributed by atoms with E-state index in [1.807, 2.05) is 24.3 Å². The normalized spacial score (nSPS) is 20.1. The van der Waals surface area contributed by atoms with Crippen molar-refractivity contribution in [2.45, 2.75) is 25.3 Å². The molecule has 0 bridgehead atoms. The monoisotopic (exact) mass is 490 g/mol. The lowest BCUT2D eigenvalue weighted by Gasteiger charge is -2.27. The van der Waals surface area contributed by atoms with Gasteiger partial charge in [0.2, 0.25) is 0 Å². The standard InChI is InChI=1S/C27H26N2O7/c1-32-20-10-4-11-21(33-2)24(20)27(31)36-16-23(30)29-26(22-12-6-14-35-22)19-9-3-7-17(25(19)28-29)15-18-8-5-13-34-18/h4-6,8,10-15,19,26H,3,7,9,16H2,1-2H3. The van der Waals surface area contributed by atoms with E-state index in [-0.39, 0.29) is 11.5 Å². The first-order valence-electron chi connectivity index (χ1n) is 11.7. The molecule has 5 rings (SSSR count). The van der Waals surface area contributed by atoms with Crippen molar-refractivity contribution in [3.63, 3.8) is 0 Å². The first-order chi connectivity index (χ1) is 17.6. The largest absolute Gasteiger partial charge is 0.496 e. The van der Waals surface area contributed by atoms with Crippen molar-refractivity contribution in [2.75, 3.05) is 20.8 Å². The van der Waals surface area contributed by atoms with Crippen LogP contribution in [0.1, 0.15) is 47.2 Å². The Hall–Kier alpha value is -4.27. The van der Waals surface area contributed by atoms with E-state index in [0.717, 1.165) is 36.3 Å². The van der Waals surface area contributed by atoms with Gasteiger partial charge >= 0.3 is 5.97 Å². The van der Waals surface area contributed by atoms with Gasteiger partial charge in [0.1, 0.15) is 34.6 Å². The van der Waals surface area contributed by atoms with Crippen LogP contribution < -0.4 is 9.47 Å². The van der Waals surface area contributed by atoms with E-state index in [1.165, 1.54) is 19.2 Å². The van der Waals surface area contributed by atoms with Crippen LogP contribution in [0.25, 0.3) is 6.08 Å². The zero-order valence-corrected chi connectivity index (χ0v) is 20.0. The molecule has 1 amide bonds. The SMILES string of the molecule is COc1cccc(OC)c1C(=O)OCC(=O)N1N=C2C(=Cc3ccco3)CCCC2C1c1ccco1. The van der Waals surface area contributed by atoms with Crippen molar-refractivity contribution < 1.29 is 32.6 Å². The molecule has 3 aromatic rings. The number of carbonyl (C=O) groups is 2. The van der Waals surface area contributed by atoms with Gasteiger partial charge in [0.15, 0.2) is 6.61 Å². The molecule has 1 aromatic carbocycles. The molecule has 9 heteroatoms. The van der Waals surface area contributed by atoms with Crippen molar-refractivity contribution in [2.24, 2.45) is 11.0 Å². The maximum atomic E-state index is 13.4. The molecule has 3 heterocycles. The molecule has 2 aromatic heterocycles. The number of ether oxygens (including phenoxy) is 3. The number of esters is 1. The van der Waals surface area contributed by atoms with Gasteiger partial charge in [-0.25, -0.2) is 9.80 Å². The van der Waals surface area contributed by atoms with Crippen LogP contribution >= 0.6 is 0 Å². The third-order valence-corrected chi connectivity index (χ3v) is 6.41. The fourth-order valence-corrected chi connectivity index (χ4v) is 4.81. The summed E-state index contributed by atoms with van der Waals surface area (Å²) in [5.41, 5.74) is 1.96. The van der Waals surface area contributed by atoms with Crippen LogP contribution in [0, 0.1) is 5.92 Å². The number of carbonyl (C=O) groups excluding carboxylic acids is 2. The van der Waals surface area contributed by atoms with Crippen molar-refractivity contribution in [1.82, 2.24) is 5.01 Å². The maximum absolute atomic E-state index is 13.4. The minimum atomic E-state index is -0.727. The Bertz CT molecular complexity index is 1270. The molecule has 0 N–H and O–H groups in total. The van der Waals surface area contributed by atoms with E-state index in [2.05, 4.69) is 0 Å². The lowest BCUT2D eigenvalue weighted by atomic mass is 9.79. The maximum Gasteiger partial charge on any atom is 0.346 e. The van der Waals surface area contributed by atoms with Crippen molar-refractivity contribution in [3.05, 3.63) is 77.6 Å². The number of amides is 1. The number of hydrazone groups is 1. The highest BCUT2D eigenvalue weighted by atomic mass is 16.5. The molecule has 1 saturated carbocycles. The predicted molar refractivity (Wildman–Crippen MR) is 130 cm³/mol. The van der Waals surface area contributed by atoms with Gasteiger partial charge in [-0.2, -0.15) is 5.10 Å². The average molecular weight is 491 g/mol. The Balaban J connectivity index is 1.40. The topological polar surface area (TPSA) is 104 Å². The van der Waals surface area contributed by atoms with Gasteiger partial charge in [-0.3, -0.25) is 4.79 Å². The van der Waals surface area contributed by atoms with Crippen LogP contribution in [0.4, 0.5) is 0 Å². The summed E-state index contributed by atoms with van der Waals surface area (Å²) in [6, 6.07) is 11.8. The molecule has 1 aliphatic carbocycles. The Morgan fingerprint density at radius 3 is 2.47 bits per heavy atom. The van der Waals surface area contributed by atoms with Crippen LogP contribution in [0.5, 0.6) is 11.5 Å². The van der Waals surface area contributed by atoms with Crippen LogP contribution in [0.3, 0.4) is 0 Å². The molecule has 0 spiro atoms. The Kier molecular flexibility index (Phi) is 6.62. The average Bonchev–Trinajstić information content (AvgIpc) is 3.67. The number of hydrogen-bond acceptors (Lipinski definition) is 8. The van der Waals surface area contributed by atoms with Gasteiger partial charge in [0.25, 0.3) is 5.91 Å². The summed E-state index contributed by atoms with van der Waals surface area (Å²) in [7, 11) is 2.89. The smallest absolute Gasteiger partial charge is 0.346 e. The number of nitrogens with zero attached hydrogens (tertiary/aromatic N) is 2. The van der Waals surface area contributed by atoms with Crippen molar-refractivity contribution in [3.8, 4) is 11.5 Å². The molecular formula is C27H26N2O7. The van der Waals surface area contributed by atoms with E-state index in [9.17, 15) is 9.59 Å². The second-order valence-electron chi connectivity index (χ2n) is 8.48. The van der Waals surface area contributed by atoms with E-state index >= 15 is 0 Å². The molecule has 2 unspecified atom stereocenters. The molecule has 1 fully saturated rings. The second kappa shape index (κ2) is 10.2. The van der Waals surface area contributed by atoms with E-state index < -0.39 is 24.5 Å². The molecule has 36 heavy (non-hydrogen) atoms. The van der Waals surface area contributed by atoms with Crippen LogP contribution in [0.15, 0.2) is 74.5 Å². The molecular weight excluding hydrogens is 464 g/mol. The minimum absolute atomic E-state index is 0.0416. The zero-order chi connectivity index (χ0) is 25.1. The van der Waals surface area contributed by atoms with Crippen molar-refractivity contribution >= 4 is 23.7 Å². The van der Waals surface area contributed by atoms with Gasteiger partial charge < -0.3 is 23.0 Å². The van der Waals surface area contributed by atoms with Gasteiger partial charge in [-0.1, -0.05) is 6.07 Å². The Labute approximate surface area is 207 Å². The summed E-state index contributed by atoms with van der Waals surface area (Å²) in [4.78, 5) is 26.2. The summed E-state index contributed by atoms with van der Waals surface area (Å²) in [6.45, 7) is -0.502. The highest BCUT2D eigenvalue weighted by molar-refractivity contribution is 6.08. The number of fused-ring (bicyclic) bond motifs is 1. The lowest BCUT2D eigenvalue weighted by Crippen LogP contribution is -2.34. The molecule has 0 saturated heterocycles. The summed E-state index contributed by atoms with van der Waals surface area (Å²) in [6.07, 6.45) is 7.78. The summed E-state index contributed by atoms with van der Waals surface area (Å²) >= 11 is 0. The highest BCUT2D eigenvalue weighted by Gasteiger charge is 2.45. The van der Waals surface area contributed by atoms with Gasteiger partial charge in [-0.15, -0.1) is 0 Å². The lowest BCUT2D eigenvalue weighted by molar-refractivity contribution is -0.137. The quantitative estimate of drug-likeness (QED) is 0.435. The summed E-state index contributed by atoms with van der Waals surface area (Å²) in [5.74, 6) is 0.713. The Morgan fingerprint density at radius 1 is 1.06 bits per heavy atom. The molecule has 2 atom stereocenters. The Morgan fingerprint density at radius 2 is 1.81 bits per heavy atom. The third-order valence-electron chi connectivity index (χ3n) is 6.41. The number of furan rings is 2. The summed E-state index contributed by atoms with van der Waals surface area (Å²) in [5, 5.41) is 6.10. The predicted octanol–water partition coefficient (Wildman–Crippen LogP) is 4.87. The number of rotatable bonds is 7. The number of methoxy groups -OCH3 is 2. The molecule has 2 aliphatic rings. The van der Waals surface area contributed by atoms with E-state index in [4.69, 9.17) is 28.1 Å². The molecule has 9 nitrogen and oxygen atoms in total. The van der Waals surface area contributed by atoms with Crippen LogP contribution in [-0.4, -0.2) is 43.4 Å². The van der Waals surface area contributed by atoms with Crippen LogP contribution in [0.2, 0.25) is 0 Å². The molecule has 1 aliphatic heterocycles. The first-order valence-corrected chi connectivity index (χ1v) is 11.7. The molecule has 0 radical (unpaired) electrons. The minimum Gasteiger partial charge on any atom is -0.496 e. The van der Waals surface area contributed by atoms with Gasteiger partial charge in [-0.05, 0) is 67.3 Å². The first kappa shape index (κ1) is 23.5. The zero-order valence-electron chi connectivity index (χ0n) is 20.0. The second-order valence-corrected chi connectivity index (χ2v) is 8.48. The number of hydrogen-bond donors (Lipinski definition) is 0. The van der Waals surface area contributed by atoms with Gasteiger partial charge in [0.05, 0.1) is 32.5 Å². The third kappa shape index (κ3) is 4.39. The van der Waals surface area contributed by atoms with E-state index in [1.54, 1.807) is 36.8 Å². The van der Waals surface area contributed by atoms with Crippen molar-refractivity contribution in [1.29, 1.82) is 0 Å². The number of allylic oxidation sites excluding steroid dienone is 1. The fourth-order valence-electron chi connectivity index (χ4n) is 4.81. The fraction of sp³-hybridized carbons (Fsp3) is 0.296. The van der Waals surface area contributed by atoms with Gasteiger partial charge in [0, 0.05) is 5.92 Å². The van der Waals surface area contributed by atoms with Crippen LogP contribution in [-0.2, 0) is 9.53 Å².